The van der Waals surface area contributed by atoms with Crippen LogP contribution in [0.3, 0.4) is 0 Å². The molecule has 6 rings (SSSR count). The standard InChI is InChI=1S/C29H34ClN7O/c1-31-16-21-17-37(15-12-32-21)28-23-11-14-36(26-10-4-7-20-6-3-9-24(30)27(20)26)18-25(23)33-29(34-28)38-19-22-8-5-13-35(22)2/h3-4,6-7,9-10,21-22,32H,5,8,11-19H2,2H3/t21-,22-/m0/s1. The van der Waals surface area contributed by atoms with Crippen molar-refractivity contribution < 1.29 is 4.74 Å². The maximum absolute atomic E-state index is 7.33. The highest BCUT2D eigenvalue weighted by Gasteiger charge is 2.30. The van der Waals surface area contributed by atoms with Crippen LogP contribution >= 0.6 is 11.6 Å². The van der Waals surface area contributed by atoms with E-state index in [1.54, 1.807) is 0 Å². The molecule has 2 fully saturated rings. The Hall–Kier alpha value is -3.12. The summed E-state index contributed by atoms with van der Waals surface area (Å²) in [6.07, 6.45) is 3.18. The Kier molecular flexibility index (Phi) is 7.24. The minimum Gasteiger partial charge on any atom is -0.462 e. The molecule has 2 atom stereocenters. The van der Waals surface area contributed by atoms with E-state index in [-0.39, 0.29) is 6.04 Å². The van der Waals surface area contributed by atoms with Gasteiger partial charge in [-0.15, -0.1) is 0 Å². The molecule has 8 nitrogen and oxygen atoms in total. The number of likely N-dealkylation sites (tertiary alicyclic amines) is 1. The molecule has 0 unspecified atom stereocenters. The van der Waals surface area contributed by atoms with Crippen molar-refractivity contribution in [2.75, 3.05) is 62.7 Å². The van der Waals surface area contributed by atoms with Crippen molar-refractivity contribution in [3.8, 4) is 6.01 Å². The van der Waals surface area contributed by atoms with Gasteiger partial charge in [0.05, 0.1) is 23.3 Å². The lowest BCUT2D eigenvalue weighted by molar-refractivity contribution is 0.187. The molecule has 3 aliphatic heterocycles. The van der Waals surface area contributed by atoms with Crippen LogP contribution in [-0.2, 0) is 13.0 Å². The van der Waals surface area contributed by atoms with Gasteiger partial charge in [-0.25, -0.2) is 6.57 Å². The first-order chi connectivity index (χ1) is 18.6. The fourth-order valence-corrected chi connectivity index (χ4v) is 6.35. The number of aromatic nitrogens is 2. The summed E-state index contributed by atoms with van der Waals surface area (Å²) in [4.78, 5) is 20.6. The molecule has 4 heterocycles. The molecule has 0 aliphatic carbocycles. The Labute approximate surface area is 229 Å². The number of likely N-dealkylation sites (N-methyl/N-ethyl adjacent to an activating group) is 1. The van der Waals surface area contributed by atoms with Gasteiger partial charge in [-0.3, -0.25) is 0 Å². The van der Waals surface area contributed by atoms with E-state index < -0.39 is 0 Å². The van der Waals surface area contributed by atoms with Crippen molar-refractivity contribution in [1.29, 1.82) is 0 Å². The third-order valence-corrected chi connectivity index (χ3v) is 8.45. The number of ether oxygens (including phenoxy) is 1. The molecule has 0 amide bonds. The molecular weight excluding hydrogens is 498 g/mol. The van der Waals surface area contributed by atoms with Crippen LogP contribution in [0, 0.1) is 6.57 Å². The molecular formula is C29H34ClN7O. The number of hydrogen-bond donors (Lipinski definition) is 1. The highest BCUT2D eigenvalue weighted by molar-refractivity contribution is 6.36. The molecule has 1 N–H and O–H groups in total. The predicted octanol–water partition coefficient (Wildman–Crippen LogP) is 4.02. The Balaban J connectivity index is 1.34. The first-order valence-electron chi connectivity index (χ1n) is 13.6. The third-order valence-electron chi connectivity index (χ3n) is 8.14. The molecule has 2 saturated heterocycles. The lowest BCUT2D eigenvalue weighted by Crippen LogP contribution is -2.52. The Morgan fingerprint density at radius 2 is 2.00 bits per heavy atom. The van der Waals surface area contributed by atoms with Gasteiger partial charge in [0.15, 0.2) is 0 Å². The minimum absolute atomic E-state index is 0.140. The van der Waals surface area contributed by atoms with E-state index in [0.717, 1.165) is 78.6 Å². The largest absolute Gasteiger partial charge is 0.462 e. The lowest BCUT2D eigenvalue weighted by Gasteiger charge is -2.37. The van der Waals surface area contributed by atoms with Gasteiger partial charge >= 0.3 is 6.01 Å². The Bertz CT molecular complexity index is 1350. The van der Waals surface area contributed by atoms with Crippen molar-refractivity contribution in [1.82, 2.24) is 20.2 Å². The lowest BCUT2D eigenvalue weighted by atomic mass is 10.0. The van der Waals surface area contributed by atoms with Crippen LogP contribution in [0.5, 0.6) is 6.01 Å². The molecule has 1 aromatic heterocycles. The molecule has 9 heteroatoms. The first-order valence-corrected chi connectivity index (χ1v) is 13.9. The summed E-state index contributed by atoms with van der Waals surface area (Å²) in [6.45, 7) is 13.5. The van der Waals surface area contributed by atoms with Crippen LogP contribution in [0.25, 0.3) is 15.6 Å². The van der Waals surface area contributed by atoms with Crippen molar-refractivity contribution in [2.45, 2.75) is 37.9 Å². The van der Waals surface area contributed by atoms with Gasteiger partial charge in [0, 0.05) is 48.9 Å². The molecule has 2 aromatic carbocycles. The molecule has 0 spiro atoms. The predicted molar refractivity (Wildman–Crippen MR) is 152 cm³/mol. The molecule has 38 heavy (non-hydrogen) atoms. The number of nitrogens with one attached hydrogen (secondary N) is 1. The van der Waals surface area contributed by atoms with E-state index >= 15 is 0 Å². The average Bonchev–Trinajstić information content (AvgIpc) is 3.35. The molecule has 198 valence electrons. The fraction of sp³-hybridized carbons (Fsp3) is 0.483. The SMILES string of the molecule is [C-]#[N+]C[C@H]1CN(c2nc(OC[C@@H]3CCCN3C)nc3c2CCN(c2cccc4cccc(Cl)c24)C3)CCN1. The number of anilines is 2. The minimum atomic E-state index is 0.140. The molecule has 0 saturated carbocycles. The van der Waals surface area contributed by atoms with E-state index in [9.17, 15) is 0 Å². The quantitative estimate of drug-likeness (QED) is 0.482. The number of piperazine rings is 1. The van der Waals surface area contributed by atoms with E-state index in [2.05, 4.69) is 56.2 Å². The molecule has 3 aromatic rings. The zero-order valence-electron chi connectivity index (χ0n) is 21.9. The Morgan fingerprint density at radius 3 is 2.82 bits per heavy atom. The zero-order chi connectivity index (χ0) is 26.1. The summed E-state index contributed by atoms with van der Waals surface area (Å²) in [7, 11) is 2.16. The number of fused-ring (bicyclic) bond motifs is 2. The number of halogens is 1. The highest BCUT2D eigenvalue weighted by Crippen LogP contribution is 2.37. The summed E-state index contributed by atoms with van der Waals surface area (Å²) in [6, 6.07) is 13.4. The molecule has 3 aliphatic rings. The van der Waals surface area contributed by atoms with Gasteiger partial charge in [0.1, 0.15) is 12.4 Å². The summed E-state index contributed by atoms with van der Waals surface area (Å²) in [5, 5.41) is 6.47. The van der Waals surface area contributed by atoms with E-state index in [4.69, 9.17) is 32.9 Å². The Morgan fingerprint density at radius 1 is 1.13 bits per heavy atom. The third kappa shape index (κ3) is 4.98. The van der Waals surface area contributed by atoms with Gasteiger partial charge in [0.2, 0.25) is 6.54 Å². The summed E-state index contributed by atoms with van der Waals surface area (Å²) in [5.74, 6) is 0.969. The van der Waals surface area contributed by atoms with Crippen LogP contribution in [0.15, 0.2) is 36.4 Å². The van der Waals surface area contributed by atoms with Gasteiger partial charge in [-0.1, -0.05) is 35.9 Å². The van der Waals surface area contributed by atoms with Gasteiger partial charge in [-0.2, -0.15) is 9.97 Å². The number of nitrogens with zero attached hydrogens (tertiary/aromatic N) is 6. The smallest absolute Gasteiger partial charge is 0.318 e. The first kappa shape index (κ1) is 25.2. The van der Waals surface area contributed by atoms with Crippen LogP contribution < -0.4 is 19.9 Å². The van der Waals surface area contributed by atoms with Crippen LogP contribution in [0.1, 0.15) is 24.1 Å². The van der Waals surface area contributed by atoms with Crippen LogP contribution in [0.2, 0.25) is 5.02 Å². The summed E-state index contributed by atoms with van der Waals surface area (Å²) >= 11 is 6.68. The maximum Gasteiger partial charge on any atom is 0.318 e. The van der Waals surface area contributed by atoms with Gasteiger partial charge in [-0.05, 0) is 50.4 Å². The van der Waals surface area contributed by atoms with Crippen molar-refractivity contribution >= 4 is 33.9 Å². The highest BCUT2D eigenvalue weighted by atomic mass is 35.5. The second-order valence-corrected chi connectivity index (χ2v) is 11.0. The maximum atomic E-state index is 7.33. The van der Waals surface area contributed by atoms with Crippen LogP contribution in [0.4, 0.5) is 11.5 Å². The number of benzene rings is 2. The zero-order valence-corrected chi connectivity index (χ0v) is 22.6. The average molecular weight is 532 g/mol. The van der Waals surface area contributed by atoms with Crippen molar-refractivity contribution in [3.63, 3.8) is 0 Å². The van der Waals surface area contributed by atoms with E-state index in [1.807, 2.05) is 12.1 Å². The summed E-state index contributed by atoms with van der Waals surface area (Å²) < 4.78 is 6.27. The van der Waals surface area contributed by atoms with Crippen LogP contribution in [-0.4, -0.2) is 79.9 Å². The fourth-order valence-electron chi connectivity index (χ4n) is 6.07. The summed E-state index contributed by atoms with van der Waals surface area (Å²) in [5.41, 5.74) is 3.34. The topological polar surface area (TPSA) is 61.1 Å². The van der Waals surface area contributed by atoms with E-state index in [1.165, 1.54) is 12.0 Å². The van der Waals surface area contributed by atoms with Crippen molar-refractivity contribution in [3.05, 3.63) is 64.1 Å². The monoisotopic (exact) mass is 531 g/mol. The molecule has 0 bridgehead atoms. The second kappa shape index (κ2) is 10.9. The second-order valence-electron chi connectivity index (χ2n) is 10.6. The van der Waals surface area contributed by atoms with E-state index in [0.29, 0.717) is 31.7 Å². The van der Waals surface area contributed by atoms with Gasteiger partial charge in [0.25, 0.3) is 0 Å². The van der Waals surface area contributed by atoms with Gasteiger partial charge < -0.3 is 29.6 Å². The normalized spacial score (nSPS) is 21.9. The number of rotatable bonds is 6. The van der Waals surface area contributed by atoms with Crippen molar-refractivity contribution in [2.24, 2.45) is 0 Å². The molecule has 0 radical (unpaired) electrons. The number of hydrogen-bond acceptors (Lipinski definition) is 7.